The summed E-state index contributed by atoms with van der Waals surface area (Å²) in [7, 11) is 5.66. The SMILES string of the molecule is COc1ccc(NC(c2ccc(N(C)C)cc2)=[N+](c2ccc(O)cc2)c2ccc(O)cc2)cc1. The maximum Gasteiger partial charge on any atom is 0.292 e. The molecule has 4 aromatic carbocycles. The van der Waals surface area contributed by atoms with Crippen LogP contribution in [0.4, 0.5) is 22.7 Å². The highest BCUT2D eigenvalue weighted by Gasteiger charge is 2.22. The summed E-state index contributed by atoms with van der Waals surface area (Å²) < 4.78 is 7.36. The lowest BCUT2D eigenvalue weighted by Gasteiger charge is -2.16. The van der Waals surface area contributed by atoms with Crippen LogP contribution >= 0.6 is 0 Å². The Labute approximate surface area is 199 Å². The summed E-state index contributed by atoms with van der Waals surface area (Å²) in [6, 6.07) is 30.0. The van der Waals surface area contributed by atoms with Gasteiger partial charge in [-0.15, -0.1) is 0 Å². The van der Waals surface area contributed by atoms with Gasteiger partial charge in [0.2, 0.25) is 0 Å². The molecule has 0 aliphatic carbocycles. The van der Waals surface area contributed by atoms with Gasteiger partial charge in [-0.1, -0.05) is 0 Å². The smallest absolute Gasteiger partial charge is 0.292 e. The number of methoxy groups -OCH3 is 1. The molecule has 3 N–H and O–H groups in total. The van der Waals surface area contributed by atoms with E-state index in [1.165, 1.54) is 0 Å². The van der Waals surface area contributed by atoms with Crippen LogP contribution in [-0.2, 0) is 0 Å². The number of benzene rings is 4. The van der Waals surface area contributed by atoms with Crippen LogP contribution < -0.4 is 19.5 Å². The van der Waals surface area contributed by atoms with Gasteiger partial charge >= 0.3 is 0 Å². The van der Waals surface area contributed by atoms with Crippen molar-refractivity contribution in [3.63, 3.8) is 0 Å². The van der Waals surface area contributed by atoms with E-state index in [0.29, 0.717) is 0 Å². The molecule has 0 spiro atoms. The summed E-state index contributed by atoms with van der Waals surface area (Å²) >= 11 is 0. The Morgan fingerprint density at radius 2 is 1.21 bits per heavy atom. The zero-order chi connectivity index (χ0) is 24.1. The summed E-state index contributed by atoms with van der Waals surface area (Å²) in [4.78, 5) is 2.05. The number of amidine groups is 1. The molecule has 0 fully saturated rings. The second kappa shape index (κ2) is 10.0. The van der Waals surface area contributed by atoms with Crippen molar-refractivity contribution in [1.82, 2.24) is 4.58 Å². The van der Waals surface area contributed by atoms with Crippen molar-refractivity contribution in [1.29, 1.82) is 0 Å². The molecule has 0 saturated carbocycles. The van der Waals surface area contributed by atoms with Crippen molar-refractivity contribution in [2.45, 2.75) is 0 Å². The fraction of sp³-hybridized carbons (Fsp3) is 0.107. The molecule has 4 aromatic rings. The van der Waals surface area contributed by atoms with E-state index < -0.39 is 0 Å². The highest BCUT2D eigenvalue weighted by Crippen LogP contribution is 2.27. The molecular weight excluding hydrogens is 426 g/mol. The van der Waals surface area contributed by atoms with Crippen molar-refractivity contribution >= 4 is 28.6 Å². The first-order chi connectivity index (χ1) is 16.4. The molecule has 0 unspecified atom stereocenters. The van der Waals surface area contributed by atoms with Crippen molar-refractivity contribution < 1.29 is 14.9 Å². The van der Waals surface area contributed by atoms with Crippen molar-refractivity contribution in [3.8, 4) is 17.2 Å². The fourth-order valence-electron chi connectivity index (χ4n) is 3.60. The maximum absolute atomic E-state index is 9.88. The second-order valence-corrected chi connectivity index (χ2v) is 8.01. The zero-order valence-electron chi connectivity index (χ0n) is 19.4. The Kier molecular flexibility index (Phi) is 6.69. The number of nitrogens with one attached hydrogen (secondary N) is 1. The van der Waals surface area contributed by atoms with Crippen LogP contribution in [0.25, 0.3) is 0 Å². The summed E-state index contributed by atoms with van der Waals surface area (Å²) in [5.41, 5.74) is 4.62. The number of phenolic OH excluding ortho intramolecular Hbond substituents is 2. The highest BCUT2D eigenvalue weighted by atomic mass is 16.5. The van der Waals surface area contributed by atoms with Gasteiger partial charge in [-0.25, -0.2) is 5.32 Å². The van der Waals surface area contributed by atoms with Crippen LogP contribution in [0.3, 0.4) is 0 Å². The number of hydrogen-bond acceptors (Lipinski definition) is 4. The molecule has 172 valence electrons. The molecule has 34 heavy (non-hydrogen) atoms. The predicted molar refractivity (Wildman–Crippen MR) is 139 cm³/mol. The van der Waals surface area contributed by atoms with Gasteiger partial charge in [-0.05, 0) is 97.1 Å². The number of anilines is 2. The molecule has 0 heterocycles. The minimum atomic E-state index is 0.189. The summed E-state index contributed by atoms with van der Waals surface area (Å²) in [6.45, 7) is 0. The van der Waals surface area contributed by atoms with Crippen molar-refractivity contribution in [2.24, 2.45) is 0 Å². The van der Waals surface area contributed by atoms with E-state index in [9.17, 15) is 10.2 Å². The Morgan fingerprint density at radius 1 is 0.706 bits per heavy atom. The molecule has 0 amide bonds. The lowest BCUT2D eigenvalue weighted by molar-refractivity contribution is 0.415. The van der Waals surface area contributed by atoms with Gasteiger partial charge in [-0.2, -0.15) is 4.58 Å². The van der Waals surface area contributed by atoms with Crippen LogP contribution in [0, 0.1) is 0 Å². The van der Waals surface area contributed by atoms with Gasteiger partial charge in [0, 0.05) is 19.8 Å². The van der Waals surface area contributed by atoms with E-state index in [1.54, 1.807) is 31.4 Å². The van der Waals surface area contributed by atoms with Gasteiger partial charge in [0.15, 0.2) is 0 Å². The lowest BCUT2D eigenvalue weighted by atomic mass is 10.1. The molecule has 0 aromatic heterocycles. The van der Waals surface area contributed by atoms with Crippen LogP contribution in [-0.4, -0.2) is 37.3 Å². The third kappa shape index (κ3) is 5.13. The van der Waals surface area contributed by atoms with E-state index in [2.05, 4.69) is 34.5 Å². The molecule has 0 bridgehead atoms. The Balaban J connectivity index is 1.94. The Morgan fingerprint density at radius 3 is 1.65 bits per heavy atom. The summed E-state index contributed by atoms with van der Waals surface area (Å²) in [5, 5.41) is 23.3. The number of rotatable bonds is 6. The minimum absolute atomic E-state index is 0.189. The molecule has 0 saturated heterocycles. The lowest BCUT2D eigenvalue weighted by Crippen LogP contribution is -2.26. The fourth-order valence-corrected chi connectivity index (χ4v) is 3.60. The number of phenols is 2. The number of nitrogens with zero attached hydrogens (tertiary/aromatic N) is 2. The Hall–Kier alpha value is -4.45. The molecule has 0 radical (unpaired) electrons. The number of aromatic hydroxyl groups is 2. The molecule has 6 nitrogen and oxygen atoms in total. The quantitative estimate of drug-likeness (QED) is 0.202. The molecule has 0 aliphatic heterocycles. The normalized spacial score (nSPS) is 10.4. The van der Waals surface area contributed by atoms with E-state index >= 15 is 0 Å². The van der Waals surface area contributed by atoms with Gasteiger partial charge in [-0.3, -0.25) is 0 Å². The molecule has 4 rings (SSSR count). The highest BCUT2D eigenvalue weighted by molar-refractivity contribution is 6.11. The van der Waals surface area contributed by atoms with E-state index in [-0.39, 0.29) is 11.5 Å². The maximum atomic E-state index is 9.88. The van der Waals surface area contributed by atoms with Crippen LogP contribution in [0.15, 0.2) is 97.1 Å². The third-order valence-corrected chi connectivity index (χ3v) is 5.45. The van der Waals surface area contributed by atoms with Gasteiger partial charge in [0.25, 0.3) is 5.84 Å². The molecule has 0 aliphatic rings. The Bertz CT molecular complexity index is 1220. The van der Waals surface area contributed by atoms with Gasteiger partial charge in [0.1, 0.15) is 34.3 Å². The van der Waals surface area contributed by atoms with Gasteiger partial charge < -0.3 is 19.8 Å². The van der Waals surface area contributed by atoms with Crippen molar-refractivity contribution in [2.75, 3.05) is 31.4 Å². The van der Waals surface area contributed by atoms with E-state index in [0.717, 1.165) is 39.9 Å². The molecule has 6 heteroatoms. The topological polar surface area (TPSA) is 68.0 Å². The largest absolute Gasteiger partial charge is 0.508 e. The predicted octanol–water partition coefficient (Wildman–Crippen LogP) is 5.57. The van der Waals surface area contributed by atoms with Crippen LogP contribution in [0.5, 0.6) is 17.2 Å². The standard InChI is InChI=1S/C28H27N3O3/c1-30(2)22-8-4-20(5-9-22)28(29-21-6-18-27(34-3)19-7-21)31(23-10-14-25(32)15-11-23)24-12-16-26(33)17-13-24/h4-19,32-33H,1-3H3/p+1. The first-order valence-electron chi connectivity index (χ1n) is 10.9. The van der Waals surface area contributed by atoms with Crippen LogP contribution in [0.2, 0.25) is 0 Å². The summed E-state index contributed by atoms with van der Waals surface area (Å²) in [6.07, 6.45) is 0. The van der Waals surface area contributed by atoms with Crippen molar-refractivity contribution in [3.05, 3.63) is 103 Å². The first kappa shape index (κ1) is 22.7. The first-order valence-corrected chi connectivity index (χ1v) is 10.9. The second-order valence-electron chi connectivity index (χ2n) is 8.01. The van der Waals surface area contributed by atoms with Crippen LogP contribution in [0.1, 0.15) is 5.56 Å². The van der Waals surface area contributed by atoms with E-state index in [1.807, 2.05) is 67.2 Å². The molecule has 0 atom stereocenters. The summed E-state index contributed by atoms with van der Waals surface area (Å²) in [5.74, 6) is 1.96. The minimum Gasteiger partial charge on any atom is -0.508 e. The zero-order valence-corrected chi connectivity index (χ0v) is 19.4. The van der Waals surface area contributed by atoms with E-state index in [4.69, 9.17) is 4.74 Å². The number of ether oxygens (including phenoxy) is 1. The van der Waals surface area contributed by atoms with Gasteiger partial charge in [0.05, 0.1) is 12.7 Å². The average Bonchev–Trinajstić information content (AvgIpc) is 2.86. The number of hydrogen-bond donors (Lipinski definition) is 3. The monoisotopic (exact) mass is 454 g/mol. The molecular formula is C28H28N3O3+. The third-order valence-electron chi connectivity index (χ3n) is 5.45. The average molecular weight is 455 g/mol.